The van der Waals surface area contributed by atoms with E-state index in [2.05, 4.69) is 30.9 Å². The molecule has 0 bridgehead atoms. The Morgan fingerprint density at radius 2 is 2.39 bits per heavy atom. The van der Waals surface area contributed by atoms with Gasteiger partial charge in [0.2, 0.25) is 0 Å². The largest absolute Gasteiger partial charge is 0.350 e. The monoisotopic (exact) mass is 317 g/mol. The van der Waals surface area contributed by atoms with Crippen molar-refractivity contribution in [3.63, 3.8) is 0 Å². The number of imidazole rings is 1. The van der Waals surface area contributed by atoms with Crippen molar-refractivity contribution in [2.75, 3.05) is 13.1 Å². The first-order valence-electron chi connectivity index (χ1n) is 8.20. The third-order valence-electron chi connectivity index (χ3n) is 4.13. The molecule has 124 valence electrons. The molecule has 0 aliphatic carbocycles. The van der Waals surface area contributed by atoms with Crippen LogP contribution < -0.4 is 10.6 Å². The minimum Gasteiger partial charge on any atom is -0.350 e. The summed E-state index contributed by atoms with van der Waals surface area (Å²) in [5.41, 5.74) is 1.36. The third kappa shape index (κ3) is 4.62. The van der Waals surface area contributed by atoms with Gasteiger partial charge >= 0.3 is 0 Å². The van der Waals surface area contributed by atoms with Crippen LogP contribution in [0.25, 0.3) is 0 Å². The highest BCUT2D eigenvalue weighted by Gasteiger charge is 2.14. The van der Waals surface area contributed by atoms with Crippen LogP contribution in [-0.4, -0.2) is 50.0 Å². The molecule has 1 atom stereocenters. The van der Waals surface area contributed by atoms with Crippen LogP contribution in [0.3, 0.4) is 0 Å². The van der Waals surface area contributed by atoms with Gasteiger partial charge in [0.05, 0.1) is 12.5 Å². The second kappa shape index (κ2) is 7.87. The van der Waals surface area contributed by atoms with Crippen LogP contribution in [0.15, 0.2) is 18.7 Å². The fourth-order valence-corrected chi connectivity index (χ4v) is 2.79. The van der Waals surface area contributed by atoms with Gasteiger partial charge in [-0.3, -0.25) is 9.48 Å². The lowest BCUT2D eigenvalue weighted by atomic mass is 10.0. The molecule has 0 saturated carbocycles. The summed E-state index contributed by atoms with van der Waals surface area (Å²) in [6.45, 7) is 2.43. The van der Waals surface area contributed by atoms with E-state index in [4.69, 9.17) is 0 Å². The number of nitrogens with zero attached hydrogens (tertiary/aromatic N) is 4. The highest BCUT2D eigenvalue weighted by Crippen LogP contribution is 2.10. The molecule has 3 heterocycles. The van der Waals surface area contributed by atoms with Crippen molar-refractivity contribution in [3.8, 4) is 0 Å². The van der Waals surface area contributed by atoms with Gasteiger partial charge in [-0.05, 0) is 25.8 Å². The lowest BCUT2D eigenvalue weighted by Crippen LogP contribution is -2.34. The minimum atomic E-state index is -0.188. The molecule has 8 heteroatoms. The predicted molar refractivity (Wildman–Crippen MR) is 84.9 cm³/mol. The molecule has 1 aliphatic heterocycles. The van der Waals surface area contributed by atoms with Gasteiger partial charge in [-0.1, -0.05) is 11.6 Å². The Balaban J connectivity index is 1.41. The second-order valence-corrected chi connectivity index (χ2v) is 5.89. The minimum absolute atomic E-state index is 0.188. The van der Waals surface area contributed by atoms with Gasteiger partial charge in [0.15, 0.2) is 5.69 Å². The normalized spacial score (nSPS) is 18.0. The number of rotatable bonds is 7. The molecular formula is C15H23N7O. The van der Waals surface area contributed by atoms with Crippen LogP contribution >= 0.6 is 0 Å². The van der Waals surface area contributed by atoms with Crippen LogP contribution in [0.4, 0.5) is 0 Å². The number of aryl methyl sites for hydroxylation is 1. The van der Waals surface area contributed by atoms with Gasteiger partial charge in [-0.15, -0.1) is 5.10 Å². The van der Waals surface area contributed by atoms with Gasteiger partial charge in [-0.25, -0.2) is 4.98 Å². The lowest BCUT2D eigenvalue weighted by molar-refractivity contribution is 0.0949. The maximum absolute atomic E-state index is 12.0. The zero-order chi connectivity index (χ0) is 15.9. The van der Waals surface area contributed by atoms with Crippen molar-refractivity contribution in [2.24, 2.45) is 0 Å². The number of hydrogen-bond acceptors (Lipinski definition) is 5. The van der Waals surface area contributed by atoms with E-state index in [1.54, 1.807) is 23.4 Å². The van der Waals surface area contributed by atoms with E-state index in [-0.39, 0.29) is 5.91 Å². The summed E-state index contributed by atoms with van der Waals surface area (Å²) in [5, 5.41) is 14.3. The molecular weight excluding hydrogens is 294 g/mol. The van der Waals surface area contributed by atoms with E-state index in [1.165, 1.54) is 19.3 Å². The Hall–Kier alpha value is -2.22. The zero-order valence-electron chi connectivity index (χ0n) is 13.2. The zero-order valence-corrected chi connectivity index (χ0v) is 13.2. The molecule has 3 N–H and O–H groups in total. The molecule has 0 radical (unpaired) electrons. The van der Waals surface area contributed by atoms with Crippen LogP contribution in [-0.2, 0) is 13.0 Å². The lowest BCUT2D eigenvalue weighted by Gasteiger charge is -2.23. The SMILES string of the molecule is O=C(NCCc1cnc[nH]1)c1cn(CC[C@@H]2CCCCN2)nn1. The van der Waals surface area contributed by atoms with Crippen LogP contribution in [0.5, 0.6) is 0 Å². The summed E-state index contributed by atoms with van der Waals surface area (Å²) in [4.78, 5) is 19.0. The van der Waals surface area contributed by atoms with E-state index < -0.39 is 0 Å². The highest BCUT2D eigenvalue weighted by atomic mass is 16.2. The molecule has 1 amide bonds. The van der Waals surface area contributed by atoms with Crippen molar-refractivity contribution in [1.29, 1.82) is 0 Å². The quantitative estimate of drug-likeness (QED) is 0.690. The predicted octanol–water partition coefficient (Wildman–Crippen LogP) is 0.506. The summed E-state index contributed by atoms with van der Waals surface area (Å²) >= 11 is 0. The van der Waals surface area contributed by atoms with Crippen LogP contribution in [0, 0.1) is 0 Å². The average molecular weight is 317 g/mol. The molecule has 23 heavy (non-hydrogen) atoms. The van der Waals surface area contributed by atoms with Gasteiger partial charge in [0, 0.05) is 37.4 Å². The Kier molecular flexibility index (Phi) is 5.36. The summed E-state index contributed by atoms with van der Waals surface area (Å²) in [7, 11) is 0. The fourth-order valence-electron chi connectivity index (χ4n) is 2.79. The van der Waals surface area contributed by atoms with Gasteiger partial charge in [0.1, 0.15) is 0 Å². The summed E-state index contributed by atoms with van der Waals surface area (Å²) in [6.07, 6.45) is 10.6. The van der Waals surface area contributed by atoms with E-state index in [0.29, 0.717) is 24.7 Å². The van der Waals surface area contributed by atoms with E-state index >= 15 is 0 Å². The van der Waals surface area contributed by atoms with E-state index in [9.17, 15) is 4.79 Å². The van der Waals surface area contributed by atoms with Crippen LogP contribution in [0.1, 0.15) is 41.9 Å². The molecule has 1 saturated heterocycles. The van der Waals surface area contributed by atoms with E-state index in [0.717, 1.165) is 25.2 Å². The molecule has 2 aromatic rings. The number of H-pyrrole nitrogens is 1. The first-order valence-corrected chi connectivity index (χ1v) is 8.20. The van der Waals surface area contributed by atoms with E-state index in [1.807, 2.05) is 0 Å². The van der Waals surface area contributed by atoms with Crippen molar-refractivity contribution >= 4 is 5.91 Å². The Bertz CT molecular complexity index is 601. The van der Waals surface area contributed by atoms with Crippen molar-refractivity contribution in [2.45, 2.75) is 44.7 Å². The molecule has 0 spiro atoms. The van der Waals surface area contributed by atoms with Crippen molar-refractivity contribution < 1.29 is 4.79 Å². The topological polar surface area (TPSA) is 101 Å². The number of hydrogen-bond donors (Lipinski definition) is 3. The van der Waals surface area contributed by atoms with Gasteiger partial charge in [0.25, 0.3) is 5.91 Å². The Labute approximate surface area is 135 Å². The molecule has 1 aliphatic rings. The fraction of sp³-hybridized carbons (Fsp3) is 0.600. The number of aromatic amines is 1. The van der Waals surface area contributed by atoms with Crippen molar-refractivity contribution in [1.82, 2.24) is 35.6 Å². The number of aromatic nitrogens is 5. The number of carbonyl (C=O) groups is 1. The summed E-state index contributed by atoms with van der Waals surface area (Å²) in [5.74, 6) is -0.188. The maximum Gasteiger partial charge on any atom is 0.273 e. The molecule has 2 aromatic heterocycles. The Morgan fingerprint density at radius 1 is 1.43 bits per heavy atom. The first kappa shape index (κ1) is 15.7. The third-order valence-corrected chi connectivity index (χ3v) is 4.13. The number of carbonyl (C=O) groups excluding carboxylic acids is 1. The number of piperidine rings is 1. The molecule has 0 aromatic carbocycles. The first-order chi connectivity index (χ1) is 11.3. The summed E-state index contributed by atoms with van der Waals surface area (Å²) < 4.78 is 1.75. The number of amides is 1. The standard InChI is InChI=1S/C15H23N7O/c23-15(18-7-4-13-9-16-11-19-13)14-10-22(21-20-14)8-5-12-3-1-2-6-17-12/h9-12,17H,1-8H2,(H,16,19)(H,18,23)/t12-/m0/s1. The second-order valence-electron chi connectivity index (χ2n) is 5.89. The molecule has 8 nitrogen and oxygen atoms in total. The molecule has 3 rings (SSSR count). The highest BCUT2D eigenvalue weighted by molar-refractivity contribution is 5.91. The summed E-state index contributed by atoms with van der Waals surface area (Å²) in [6, 6.07) is 0.555. The number of nitrogens with one attached hydrogen (secondary N) is 3. The van der Waals surface area contributed by atoms with Gasteiger partial charge in [-0.2, -0.15) is 0 Å². The van der Waals surface area contributed by atoms with Crippen molar-refractivity contribution in [3.05, 3.63) is 30.1 Å². The Morgan fingerprint density at radius 3 is 3.17 bits per heavy atom. The average Bonchev–Trinajstić information content (AvgIpc) is 3.25. The van der Waals surface area contributed by atoms with Crippen LogP contribution in [0.2, 0.25) is 0 Å². The maximum atomic E-state index is 12.0. The molecule has 0 unspecified atom stereocenters. The smallest absolute Gasteiger partial charge is 0.273 e. The van der Waals surface area contributed by atoms with Gasteiger partial charge < -0.3 is 15.6 Å². The molecule has 1 fully saturated rings.